The summed E-state index contributed by atoms with van der Waals surface area (Å²) in [5.41, 5.74) is 3.17. The molecule has 1 fully saturated rings. The SMILES string of the molecule is COc1cc(-c2n[nH]c3ccc(O[C@H](C)c4c(Cl)cncc4Cl)cc23)cnc1N1CCOCC1. The number of rotatable bonds is 6. The summed E-state index contributed by atoms with van der Waals surface area (Å²) in [6, 6.07) is 7.71. The Morgan fingerprint density at radius 3 is 2.59 bits per heavy atom. The van der Waals surface area contributed by atoms with Crippen molar-refractivity contribution in [3.05, 3.63) is 58.5 Å². The van der Waals surface area contributed by atoms with Gasteiger partial charge in [-0.1, -0.05) is 23.2 Å². The van der Waals surface area contributed by atoms with E-state index in [4.69, 9.17) is 42.4 Å². The standard InChI is InChI=1S/C24H23Cl2N5O3/c1-14(22-18(25)12-27-13-19(22)26)34-16-3-4-20-17(10-16)23(30-29-20)15-9-21(32-2)24(28-11-15)31-5-7-33-8-6-31/h3-4,9-14H,5-8H2,1-2H3,(H,29,30)/t14-/m1/s1. The molecule has 0 bridgehead atoms. The van der Waals surface area contributed by atoms with Crippen LogP contribution in [-0.2, 0) is 4.74 Å². The van der Waals surface area contributed by atoms with E-state index in [1.54, 1.807) is 19.5 Å². The molecular formula is C24H23Cl2N5O3. The second-order valence-electron chi connectivity index (χ2n) is 7.91. The fraction of sp³-hybridized carbons (Fsp3) is 0.292. The fourth-order valence-corrected chi connectivity index (χ4v) is 4.76. The van der Waals surface area contributed by atoms with E-state index in [2.05, 4.69) is 20.1 Å². The zero-order chi connectivity index (χ0) is 23.7. The topological polar surface area (TPSA) is 85.4 Å². The lowest BCUT2D eigenvalue weighted by molar-refractivity contribution is 0.122. The third-order valence-corrected chi connectivity index (χ3v) is 6.38. The maximum atomic E-state index is 6.30. The van der Waals surface area contributed by atoms with Gasteiger partial charge < -0.3 is 19.1 Å². The molecule has 0 aliphatic carbocycles. The van der Waals surface area contributed by atoms with Gasteiger partial charge in [0.25, 0.3) is 0 Å². The number of anilines is 1. The zero-order valence-electron chi connectivity index (χ0n) is 18.7. The molecule has 8 nitrogen and oxygen atoms in total. The molecule has 34 heavy (non-hydrogen) atoms. The fourth-order valence-electron chi connectivity index (χ4n) is 4.09. The molecule has 176 valence electrons. The number of benzene rings is 1. The first-order valence-electron chi connectivity index (χ1n) is 10.9. The number of nitrogens with one attached hydrogen (secondary N) is 1. The summed E-state index contributed by atoms with van der Waals surface area (Å²) in [7, 11) is 1.65. The Morgan fingerprint density at radius 2 is 1.85 bits per heavy atom. The van der Waals surface area contributed by atoms with Crippen LogP contribution in [0, 0.1) is 0 Å². The lowest BCUT2D eigenvalue weighted by Gasteiger charge is -2.29. The number of morpholine rings is 1. The van der Waals surface area contributed by atoms with E-state index in [0.29, 0.717) is 40.3 Å². The van der Waals surface area contributed by atoms with Crippen LogP contribution in [0.15, 0.2) is 42.9 Å². The third kappa shape index (κ3) is 4.36. The average molecular weight is 500 g/mol. The number of hydrogen-bond acceptors (Lipinski definition) is 7. The summed E-state index contributed by atoms with van der Waals surface area (Å²) in [5.74, 6) is 2.16. The van der Waals surface area contributed by atoms with E-state index < -0.39 is 0 Å². The Morgan fingerprint density at radius 1 is 1.09 bits per heavy atom. The van der Waals surface area contributed by atoms with Crippen LogP contribution in [0.2, 0.25) is 10.0 Å². The molecule has 0 radical (unpaired) electrons. The molecule has 3 aromatic heterocycles. The number of methoxy groups -OCH3 is 1. The molecule has 1 N–H and O–H groups in total. The lowest BCUT2D eigenvalue weighted by atomic mass is 10.1. The quantitative estimate of drug-likeness (QED) is 0.384. The largest absolute Gasteiger partial charge is 0.493 e. The van der Waals surface area contributed by atoms with Gasteiger partial charge >= 0.3 is 0 Å². The van der Waals surface area contributed by atoms with E-state index in [9.17, 15) is 0 Å². The summed E-state index contributed by atoms with van der Waals surface area (Å²) in [6.45, 7) is 4.80. The van der Waals surface area contributed by atoms with Crippen LogP contribution >= 0.6 is 23.2 Å². The minimum atomic E-state index is -0.370. The molecule has 10 heteroatoms. The molecule has 1 aliphatic heterocycles. The maximum Gasteiger partial charge on any atom is 0.171 e. The van der Waals surface area contributed by atoms with Gasteiger partial charge in [0.1, 0.15) is 17.5 Å². The minimum Gasteiger partial charge on any atom is -0.493 e. The van der Waals surface area contributed by atoms with Crippen molar-refractivity contribution in [1.29, 1.82) is 0 Å². The lowest BCUT2D eigenvalue weighted by Crippen LogP contribution is -2.37. The smallest absolute Gasteiger partial charge is 0.171 e. The van der Waals surface area contributed by atoms with Crippen molar-refractivity contribution in [3.63, 3.8) is 0 Å². The van der Waals surface area contributed by atoms with Gasteiger partial charge in [0, 0.05) is 48.2 Å². The summed E-state index contributed by atoms with van der Waals surface area (Å²) >= 11 is 12.6. The molecule has 0 amide bonds. The van der Waals surface area contributed by atoms with Crippen LogP contribution in [0.25, 0.3) is 22.2 Å². The Kier molecular flexibility index (Phi) is 6.45. The van der Waals surface area contributed by atoms with Crippen molar-refractivity contribution in [3.8, 4) is 22.8 Å². The van der Waals surface area contributed by atoms with E-state index in [-0.39, 0.29) is 6.10 Å². The molecule has 1 aliphatic rings. The molecule has 1 aromatic carbocycles. The van der Waals surface area contributed by atoms with Crippen LogP contribution in [0.3, 0.4) is 0 Å². The molecule has 4 heterocycles. The zero-order valence-corrected chi connectivity index (χ0v) is 20.2. The molecule has 0 saturated carbocycles. The second kappa shape index (κ2) is 9.66. The highest BCUT2D eigenvalue weighted by Gasteiger charge is 2.20. The summed E-state index contributed by atoms with van der Waals surface area (Å²) in [6.07, 6.45) is 4.56. The Labute approximate surface area is 206 Å². The van der Waals surface area contributed by atoms with Crippen LogP contribution in [0.1, 0.15) is 18.6 Å². The Bertz CT molecular complexity index is 1300. The van der Waals surface area contributed by atoms with E-state index in [1.807, 2.05) is 37.4 Å². The van der Waals surface area contributed by atoms with Crippen molar-refractivity contribution < 1.29 is 14.2 Å². The Hall–Kier alpha value is -3.07. The predicted octanol–water partition coefficient (Wildman–Crippen LogP) is 5.31. The highest BCUT2D eigenvalue weighted by Crippen LogP contribution is 2.36. The Balaban J connectivity index is 1.46. The maximum absolute atomic E-state index is 6.30. The average Bonchev–Trinajstić information content (AvgIpc) is 3.27. The summed E-state index contributed by atoms with van der Waals surface area (Å²) < 4.78 is 17.3. The number of H-pyrrole nitrogens is 1. The van der Waals surface area contributed by atoms with Gasteiger partial charge in [-0.2, -0.15) is 5.10 Å². The molecule has 0 unspecified atom stereocenters. The first kappa shape index (κ1) is 22.7. The van der Waals surface area contributed by atoms with Crippen molar-refractivity contribution in [2.45, 2.75) is 13.0 Å². The number of aromatic amines is 1. The van der Waals surface area contributed by atoms with Crippen molar-refractivity contribution in [2.24, 2.45) is 0 Å². The minimum absolute atomic E-state index is 0.370. The molecular weight excluding hydrogens is 477 g/mol. The van der Waals surface area contributed by atoms with Gasteiger partial charge in [0.2, 0.25) is 0 Å². The molecule has 1 atom stereocenters. The summed E-state index contributed by atoms with van der Waals surface area (Å²) in [5, 5.41) is 9.44. The van der Waals surface area contributed by atoms with Gasteiger partial charge in [0.15, 0.2) is 11.6 Å². The van der Waals surface area contributed by atoms with E-state index >= 15 is 0 Å². The van der Waals surface area contributed by atoms with E-state index in [1.165, 1.54) is 0 Å². The van der Waals surface area contributed by atoms with Crippen molar-refractivity contribution in [2.75, 3.05) is 38.3 Å². The number of aromatic nitrogens is 4. The van der Waals surface area contributed by atoms with Gasteiger partial charge in [0.05, 0.1) is 35.9 Å². The first-order valence-corrected chi connectivity index (χ1v) is 11.6. The number of halogens is 2. The number of ether oxygens (including phenoxy) is 3. The van der Waals surface area contributed by atoms with Crippen molar-refractivity contribution in [1.82, 2.24) is 20.2 Å². The van der Waals surface area contributed by atoms with Gasteiger partial charge in [-0.25, -0.2) is 4.98 Å². The third-order valence-electron chi connectivity index (χ3n) is 5.78. The first-order chi connectivity index (χ1) is 16.5. The number of pyridine rings is 2. The highest BCUT2D eigenvalue weighted by atomic mass is 35.5. The summed E-state index contributed by atoms with van der Waals surface area (Å²) in [4.78, 5) is 10.9. The highest BCUT2D eigenvalue weighted by molar-refractivity contribution is 6.35. The second-order valence-corrected chi connectivity index (χ2v) is 8.72. The van der Waals surface area contributed by atoms with Crippen LogP contribution in [0.5, 0.6) is 11.5 Å². The molecule has 0 spiro atoms. The normalized spacial score (nSPS) is 14.9. The van der Waals surface area contributed by atoms with Crippen LogP contribution in [0.4, 0.5) is 5.82 Å². The van der Waals surface area contributed by atoms with Crippen molar-refractivity contribution >= 4 is 39.9 Å². The van der Waals surface area contributed by atoms with Gasteiger partial charge in [-0.3, -0.25) is 10.1 Å². The van der Waals surface area contributed by atoms with Crippen LogP contribution < -0.4 is 14.4 Å². The number of hydrogen-bond donors (Lipinski definition) is 1. The predicted molar refractivity (Wildman–Crippen MR) is 132 cm³/mol. The van der Waals surface area contributed by atoms with Gasteiger partial charge in [-0.05, 0) is 31.2 Å². The molecule has 1 saturated heterocycles. The number of nitrogens with zero attached hydrogens (tertiary/aromatic N) is 4. The number of fused-ring (bicyclic) bond motifs is 1. The molecule has 4 aromatic rings. The van der Waals surface area contributed by atoms with Crippen LogP contribution in [-0.4, -0.2) is 53.6 Å². The molecule has 5 rings (SSSR count). The van der Waals surface area contributed by atoms with Gasteiger partial charge in [-0.15, -0.1) is 0 Å². The van der Waals surface area contributed by atoms with E-state index in [0.717, 1.165) is 41.1 Å². The monoisotopic (exact) mass is 499 g/mol.